The van der Waals surface area contributed by atoms with Gasteiger partial charge in [0.05, 0.1) is 0 Å². The van der Waals surface area contributed by atoms with Crippen LogP contribution in [0.4, 0.5) is 0 Å². The van der Waals surface area contributed by atoms with Crippen LogP contribution < -0.4 is 0 Å². The summed E-state index contributed by atoms with van der Waals surface area (Å²) in [4.78, 5) is 0. The molecule has 0 atom stereocenters. The van der Waals surface area contributed by atoms with Gasteiger partial charge in [0.25, 0.3) is 0 Å². The maximum atomic E-state index is 2.15. The first-order chi connectivity index (χ1) is 1.00. The second kappa shape index (κ2) is 17.5. The van der Waals surface area contributed by atoms with E-state index in [-0.39, 0.29) is 42.0 Å². The van der Waals surface area contributed by atoms with Crippen molar-refractivity contribution in [3.8, 4) is 0 Å². The third-order valence-corrected chi connectivity index (χ3v) is 0. The van der Waals surface area contributed by atoms with Gasteiger partial charge in [-0.15, -0.1) is 12.4 Å². The predicted octanol–water partition coefficient (Wildman–Crippen LogP) is 0.278. The van der Waals surface area contributed by atoms with Crippen molar-refractivity contribution in [3.63, 3.8) is 0 Å². The van der Waals surface area contributed by atoms with Crippen LogP contribution in [0, 0.1) is 0 Å². The molecule has 0 N–H and O–H groups in total. The number of hydrogen-bond acceptors (Lipinski definition) is 0. The molecule has 4 heteroatoms. The molecule has 0 aromatic heterocycles. The summed E-state index contributed by atoms with van der Waals surface area (Å²) in [5, 5.41) is 0. The first-order valence-corrected chi connectivity index (χ1v) is 2.54. The van der Waals surface area contributed by atoms with Crippen LogP contribution in [0.5, 0.6) is 0 Å². The molecule has 0 saturated carbocycles. The van der Waals surface area contributed by atoms with Crippen LogP contribution >= 0.6 is 32.3 Å². The molecule has 0 nitrogen and oxygen atoms in total. The fourth-order valence-corrected chi connectivity index (χ4v) is 0. The molecule has 0 unspecified atom stereocenters. The van der Waals surface area contributed by atoms with Crippen molar-refractivity contribution in [1.29, 1.82) is 0 Å². The molecule has 0 fully saturated rings. The van der Waals surface area contributed by atoms with Crippen LogP contribution in [0.25, 0.3) is 0 Å². The van der Waals surface area contributed by atoms with E-state index in [4.69, 9.17) is 0 Å². The first-order valence-electron chi connectivity index (χ1n) is 0.378. The van der Waals surface area contributed by atoms with E-state index in [2.05, 4.69) is 19.9 Å². The summed E-state index contributed by atoms with van der Waals surface area (Å²) in [7, 11) is 0. The van der Waals surface area contributed by atoms with Crippen LogP contribution in [0.15, 0.2) is 0 Å². The van der Waals surface area contributed by atoms with Crippen LogP contribution in [0.1, 0.15) is 0 Å². The first kappa shape index (κ1) is 16.0. The van der Waals surface area contributed by atoms with E-state index in [9.17, 15) is 0 Å². The summed E-state index contributed by atoms with van der Waals surface area (Å²) in [5.41, 5.74) is 0. The molecule has 0 bridgehead atoms. The van der Waals surface area contributed by atoms with E-state index < -0.39 is 0 Å². The van der Waals surface area contributed by atoms with Gasteiger partial charge in [-0.25, -0.2) is 0 Å². The van der Waals surface area contributed by atoms with Gasteiger partial charge in [-0.2, -0.15) is 0 Å². The summed E-state index contributed by atoms with van der Waals surface area (Å²) in [6.07, 6.45) is 0. The predicted molar refractivity (Wildman–Crippen MR) is 34.2 cm³/mol. The zero-order chi connectivity index (χ0) is 2.00. The molecule has 0 radical (unpaired) electrons. The average Bonchev–Trinajstić information content (AvgIpc) is 1.00. The minimum absolute atomic E-state index is 0. The fourth-order valence-electron chi connectivity index (χ4n) is 0. The number of halogens is 2. The fraction of sp³-hybridized carbons (Fsp3) is 0. The summed E-state index contributed by atoms with van der Waals surface area (Å²) >= 11 is 4.12. The van der Waals surface area contributed by atoms with Crippen molar-refractivity contribution in [2.45, 2.75) is 0 Å². The van der Waals surface area contributed by atoms with Gasteiger partial charge in [-0.05, 0) is 0 Å². The quantitative estimate of drug-likeness (QED) is 0.384. The van der Waals surface area contributed by atoms with E-state index in [0.717, 1.165) is 0 Å². The summed E-state index contributed by atoms with van der Waals surface area (Å²) in [6.45, 7) is 0. The molecule has 0 amide bonds. The van der Waals surface area contributed by atoms with Gasteiger partial charge in [-0.1, -0.05) is 0 Å². The Morgan fingerprint density at radius 1 is 1.25 bits per heavy atom. The Labute approximate surface area is 74.7 Å². The van der Waals surface area contributed by atoms with E-state index in [0.29, 0.717) is 0 Å². The monoisotopic (exact) mass is 194 g/mol. The molecule has 0 aromatic rings. The topological polar surface area (TPSA) is 0 Å². The number of hydrogen-bond donors (Lipinski definition) is 0. The third-order valence-electron chi connectivity index (χ3n) is 0. The van der Waals surface area contributed by atoms with Crippen molar-refractivity contribution in [1.82, 2.24) is 0 Å². The molecule has 0 rings (SSSR count). The normalized spacial score (nSPS) is 1.75. The van der Waals surface area contributed by atoms with Gasteiger partial charge in [0.2, 0.25) is 0 Å². The van der Waals surface area contributed by atoms with Crippen LogP contribution in [-0.2, 0) is 0 Å². The molecule has 0 aromatic carbocycles. The molecule has 4 heavy (non-hydrogen) atoms. The molecule has 18 valence electrons. The summed E-state index contributed by atoms with van der Waals surface area (Å²) in [6, 6.07) is 0. The standard InChI is InChI=1S/ClH.HI.Li.Na.H/h2*1H;;;/q;;+1;;/p-1. The Morgan fingerprint density at radius 3 is 1.25 bits per heavy atom. The van der Waals surface area contributed by atoms with Crippen molar-refractivity contribution < 1.29 is 0 Å². The zero-order valence-electron chi connectivity index (χ0n) is 1.79. The van der Waals surface area contributed by atoms with E-state index in [1.807, 2.05) is 14.3 Å². The Balaban J connectivity index is -0.00000000500. The zero-order valence-corrected chi connectivity index (χ0v) is 4.76. The third kappa shape index (κ3) is 8.82. The van der Waals surface area contributed by atoms with Crippen molar-refractivity contribution in [3.05, 3.63) is 0 Å². The molecule has 0 aliphatic heterocycles. The van der Waals surface area contributed by atoms with Gasteiger partial charge in [0, 0.05) is 0 Å². The minimum atomic E-state index is 0. The summed E-state index contributed by atoms with van der Waals surface area (Å²) in [5.74, 6) is 0. The molecule has 0 aliphatic carbocycles. The van der Waals surface area contributed by atoms with E-state index >= 15 is 0 Å². The molecular weight excluding hydrogens is 192 g/mol. The van der Waals surface area contributed by atoms with Crippen LogP contribution in [0.2, 0.25) is 0 Å². The second-order valence-electron chi connectivity index (χ2n) is 0. The molecule has 0 heterocycles. The summed E-state index contributed by atoms with van der Waals surface area (Å²) < 4.78 is 0. The van der Waals surface area contributed by atoms with Gasteiger partial charge in [0.15, 0.2) is 0 Å². The van der Waals surface area contributed by atoms with E-state index in [1.165, 1.54) is 0 Å². The molecule has 0 saturated heterocycles. The Bertz CT molecular complexity index is 8.00. The van der Waals surface area contributed by atoms with Crippen molar-refractivity contribution in [2.24, 2.45) is 0 Å². The van der Waals surface area contributed by atoms with Crippen LogP contribution in [0.3, 0.4) is 0 Å². The van der Waals surface area contributed by atoms with E-state index in [1.54, 1.807) is 0 Å². The van der Waals surface area contributed by atoms with Crippen molar-refractivity contribution in [2.75, 3.05) is 0 Å². The Morgan fingerprint density at radius 2 is 1.25 bits per heavy atom. The SMILES string of the molecule is Cl.[Li][I].[NaH]. The van der Waals surface area contributed by atoms with Gasteiger partial charge in [0.1, 0.15) is 0 Å². The van der Waals surface area contributed by atoms with Crippen LogP contribution in [-0.4, -0.2) is 43.8 Å². The van der Waals surface area contributed by atoms with Gasteiger partial charge in [-0.3, -0.25) is 0 Å². The van der Waals surface area contributed by atoms with Gasteiger partial charge >= 0.3 is 63.7 Å². The second-order valence-corrected chi connectivity index (χ2v) is 0. The van der Waals surface area contributed by atoms with Crippen molar-refractivity contribution >= 4 is 76.1 Å². The molecule has 0 spiro atoms. The van der Waals surface area contributed by atoms with Gasteiger partial charge < -0.3 is 0 Å². The molecule has 0 aliphatic rings. The molecular formula is H2ClILiNa. The Hall–Kier alpha value is 2.62. The average molecular weight is 194 g/mol. The number of rotatable bonds is 0. The maximum absolute atomic E-state index is 2.15. The Kier molecular flexibility index (Phi) is 69.7.